The van der Waals surface area contributed by atoms with Crippen molar-refractivity contribution >= 4 is 11.6 Å². The zero-order valence-corrected chi connectivity index (χ0v) is 11.0. The Bertz CT molecular complexity index is 368. The number of aliphatic hydroxyl groups excluding tert-OH is 1. The molecule has 0 aliphatic heterocycles. The van der Waals surface area contributed by atoms with Crippen LogP contribution in [-0.2, 0) is 5.41 Å². The number of hydrogen-bond acceptors (Lipinski definition) is 2. The van der Waals surface area contributed by atoms with Crippen LogP contribution in [0.3, 0.4) is 0 Å². The Hall–Kier alpha value is -0.640. The lowest BCUT2D eigenvalue weighted by atomic mass is 9.84. The van der Waals surface area contributed by atoms with Gasteiger partial charge in [-0.2, -0.15) is 0 Å². The van der Waals surface area contributed by atoms with Crippen molar-refractivity contribution in [1.82, 2.24) is 5.32 Å². The second kappa shape index (κ2) is 6.34. The van der Waals surface area contributed by atoms with Crippen LogP contribution in [0.2, 0.25) is 5.02 Å². The number of halogens is 2. The van der Waals surface area contributed by atoms with Crippen molar-refractivity contribution in [2.75, 3.05) is 19.7 Å². The van der Waals surface area contributed by atoms with E-state index in [1.54, 1.807) is 12.1 Å². The fraction of sp³-hybridized carbons (Fsp3) is 0.538. The van der Waals surface area contributed by atoms with E-state index in [4.69, 9.17) is 16.7 Å². The molecule has 0 saturated heterocycles. The molecule has 0 bridgehead atoms. The second-order valence-corrected chi connectivity index (χ2v) is 5.17. The summed E-state index contributed by atoms with van der Waals surface area (Å²) in [4.78, 5) is 0. The third-order valence-corrected chi connectivity index (χ3v) is 3.07. The summed E-state index contributed by atoms with van der Waals surface area (Å²) >= 11 is 5.78. The van der Waals surface area contributed by atoms with Crippen molar-refractivity contribution < 1.29 is 9.50 Å². The van der Waals surface area contributed by atoms with Gasteiger partial charge in [0.25, 0.3) is 0 Å². The molecular weight excluding hydrogens is 241 g/mol. The number of nitrogens with one attached hydrogen (secondary N) is 1. The monoisotopic (exact) mass is 259 g/mol. The quantitative estimate of drug-likeness (QED) is 0.770. The van der Waals surface area contributed by atoms with Crippen LogP contribution in [0.4, 0.5) is 4.39 Å². The minimum atomic E-state index is -0.389. The highest BCUT2D eigenvalue weighted by atomic mass is 35.5. The summed E-state index contributed by atoms with van der Waals surface area (Å²) in [6.45, 7) is 5.87. The maximum absolute atomic E-state index is 13.1. The molecule has 0 aliphatic rings. The fourth-order valence-corrected chi connectivity index (χ4v) is 1.80. The van der Waals surface area contributed by atoms with E-state index in [9.17, 15) is 4.39 Å². The van der Waals surface area contributed by atoms with Crippen LogP contribution in [0.25, 0.3) is 0 Å². The van der Waals surface area contributed by atoms with E-state index in [1.807, 2.05) is 0 Å². The molecule has 2 nitrogen and oxygen atoms in total. The van der Waals surface area contributed by atoms with Gasteiger partial charge in [0, 0.05) is 18.6 Å². The van der Waals surface area contributed by atoms with Gasteiger partial charge < -0.3 is 10.4 Å². The molecule has 4 heteroatoms. The van der Waals surface area contributed by atoms with Crippen LogP contribution in [-0.4, -0.2) is 24.8 Å². The molecule has 0 aromatic heterocycles. The summed E-state index contributed by atoms with van der Waals surface area (Å²) in [6, 6.07) is 4.83. The van der Waals surface area contributed by atoms with Crippen molar-refractivity contribution in [3.05, 3.63) is 34.6 Å². The third-order valence-electron chi connectivity index (χ3n) is 2.78. The minimum absolute atomic E-state index is 0.118. The number of aliphatic hydroxyl groups is 1. The molecule has 96 valence electrons. The number of hydrogen-bond donors (Lipinski definition) is 2. The molecule has 0 saturated carbocycles. The van der Waals surface area contributed by atoms with Gasteiger partial charge in [-0.25, -0.2) is 4.39 Å². The highest BCUT2D eigenvalue weighted by Crippen LogP contribution is 2.26. The molecule has 2 N–H and O–H groups in total. The lowest BCUT2D eigenvalue weighted by Gasteiger charge is -2.26. The van der Waals surface area contributed by atoms with Crippen molar-refractivity contribution in [1.29, 1.82) is 0 Å². The first-order valence-corrected chi connectivity index (χ1v) is 6.12. The van der Waals surface area contributed by atoms with E-state index in [0.29, 0.717) is 0 Å². The molecule has 0 radical (unpaired) electrons. The molecule has 0 fully saturated rings. The second-order valence-electron chi connectivity index (χ2n) is 4.77. The molecule has 0 spiro atoms. The molecule has 0 atom stereocenters. The van der Waals surface area contributed by atoms with E-state index >= 15 is 0 Å². The third kappa shape index (κ3) is 4.26. The van der Waals surface area contributed by atoms with Gasteiger partial charge in [0.1, 0.15) is 5.82 Å². The smallest absolute Gasteiger partial charge is 0.141 e. The van der Waals surface area contributed by atoms with Crippen molar-refractivity contribution in [3.8, 4) is 0 Å². The van der Waals surface area contributed by atoms with Crippen molar-refractivity contribution in [2.45, 2.75) is 25.7 Å². The Morgan fingerprint density at radius 1 is 1.41 bits per heavy atom. The average Bonchev–Trinajstić information content (AvgIpc) is 2.28. The molecule has 1 rings (SSSR count). The van der Waals surface area contributed by atoms with E-state index in [-0.39, 0.29) is 22.9 Å². The van der Waals surface area contributed by atoms with Gasteiger partial charge in [-0.15, -0.1) is 0 Å². The van der Waals surface area contributed by atoms with Crippen LogP contribution in [0, 0.1) is 5.82 Å². The van der Waals surface area contributed by atoms with Gasteiger partial charge in [0.15, 0.2) is 0 Å². The summed E-state index contributed by atoms with van der Waals surface area (Å²) in [5.74, 6) is -0.389. The molecular formula is C13H19ClFNO. The molecule has 0 heterocycles. The normalized spacial score (nSPS) is 11.8. The van der Waals surface area contributed by atoms with Gasteiger partial charge in [-0.05, 0) is 30.7 Å². The standard InChI is InChI=1S/C13H19ClFNO/c1-13(2,9-16-6-3-7-17)10-4-5-12(15)11(14)8-10/h4-5,8,16-17H,3,6-7,9H2,1-2H3. The first kappa shape index (κ1) is 14.4. The Morgan fingerprint density at radius 3 is 2.71 bits per heavy atom. The average molecular weight is 260 g/mol. The van der Waals surface area contributed by atoms with E-state index < -0.39 is 0 Å². The summed E-state index contributed by atoms with van der Waals surface area (Å²) in [5.41, 5.74) is 0.882. The zero-order chi connectivity index (χ0) is 12.9. The predicted octanol–water partition coefficient (Wildman–Crippen LogP) is 2.73. The summed E-state index contributed by atoms with van der Waals surface area (Å²) in [5, 5.41) is 12.1. The SMILES string of the molecule is CC(C)(CNCCCO)c1ccc(F)c(Cl)c1. The van der Waals surface area contributed by atoms with Gasteiger partial charge in [0.05, 0.1) is 5.02 Å². The zero-order valence-electron chi connectivity index (χ0n) is 10.3. The van der Waals surface area contributed by atoms with Crippen molar-refractivity contribution in [3.63, 3.8) is 0 Å². The van der Waals surface area contributed by atoms with Crippen LogP contribution in [0.15, 0.2) is 18.2 Å². The molecule has 1 aromatic carbocycles. The maximum atomic E-state index is 13.1. The Labute approximate surface area is 107 Å². The van der Waals surface area contributed by atoms with Gasteiger partial charge in [-0.3, -0.25) is 0 Å². The van der Waals surface area contributed by atoms with Crippen molar-refractivity contribution in [2.24, 2.45) is 0 Å². The summed E-state index contributed by atoms with van der Waals surface area (Å²) < 4.78 is 13.1. The van der Waals surface area contributed by atoms with E-state index in [0.717, 1.165) is 25.1 Å². The molecule has 1 aromatic rings. The largest absolute Gasteiger partial charge is 0.396 e. The Morgan fingerprint density at radius 2 is 2.12 bits per heavy atom. The van der Waals surface area contributed by atoms with Crippen LogP contribution < -0.4 is 5.32 Å². The molecule has 17 heavy (non-hydrogen) atoms. The lowest BCUT2D eigenvalue weighted by Crippen LogP contribution is -2.33. The number of benzene rings is 1. The highest BCUT2D eigenvalue weighted by molar-refractivity contribution is 6.30. The van der Waals surface area contributed by atoms with Crippen LogP contribution in [0.1, 0.15) is 25.8 Å². The van der Waals surface area contributed by atoms with E-state index in [2.05, 4.69) is 19.2 Å². The summed E-state index contributed by atoms with van der Waals surface area (Å²) in [7, 11) is 0. The molecule has 0 amide bonds. The van der Waals surface area contributed by atoms with Gasteiger partial charge in [0.2, 0.25) is 0 Å². The van der Waals surface area contributed by atoms with Crippen LogP contribution >= 0.6 is 11.6 Å². The van der Waals surface area contributed by atoms with E-state index in [1.165, 1.54) is 6.07 Å². The first-order chi connectivity index (χ1) is 7.97. The van der Waals surface area contributed by atoms with Crippen LogP contribution in [0.5, 0.6) is 0 Å². The molecule has 0 unspecified atom stereocenters. The lowest BCUT2D eigenvalue weighted by molar-refractivity contribution is 0.284. The minimum Gasteiger partial charge on any atom is -0.396 e. The summed E-state index contributed by atoms with van der Waals surface area (Å²) in [6.07, 6.45) is 0.736. The Kier molecular flexibility index (Phi) is 5.37. The van der Waals surface area contributed by atoms with Gasteiger partial charge >= 0.3 is 0 Å². The fourth-order valence-electron chi connectivity index (χ4n) is 1.62. The first-order valence-electron chi connectivity index (χ1n) is 5.74. The Balaban J connectivity index is 2.64. The maximum Gasteiger partial charge on any atom is 0.141 e. The number of rotatable bonds is 6. The highest BCUT2D eigenvalue weighted by Gasteiger charge is 2.20. The topological polar surface area (TPSA) is 32.3 Å². The predicted molar refractivity (Wildman–Crippen MR) is 69.0 cm³/mol. The molecule has 0 aliphatic carbocycles. The van der Waals surface area contributed by atoms with Gasteiger partial charge in [-0.1, -0.05) is 31.5 Å².